The summed E-state index contributed by atoms with van der Waals surface area (Å²) in [5, 5.41) is 10.5. The van der Waals surface area contributed by atoms with Crippen molar-refractivity contribution in [3.63, 3.8) is 0 Å². The number of hydrogen-bond acceptors (Lipinski definition) is 7. The fraction of sp³-hybridized carbons (Fsp3) is 0.217. The molecule has 0 unspecified atom stereocenters. The molecule has 1 aliphatic heterocycles. The minimum atomic E-state index is -0.417. The summed E-state index contributed by atoms with van der Waals surface area (Å²) in [6, 6.07) is 11.2. The van der Waals surface area contributed by atoms with Gasteiger partial charge in [-0.2, -0.15) is 5.10 Å². The number of hydrogen-bond donors (Lipinski definition) is 1. The molecule has 0 radical (unpaired) electrons. The number of carbonyl (C=O) groups is 2. The Bertz CT molecular complexity index is 1210. The van der Waals surface area contributed by atoms with Crippen LogP contribution >= 0.6 is 11.3 Å². The molecule has 3 aromatic rings. The van der Waals surface area contributed by atoms with Crippen molar-refractivity contribution in [2.75, 3.05) is 19.5 Å². The van der Waals surface area contributed by atoms with Crippen LogP contribution in [0.3, 0.4) is 0 Å². The minimum absolute atomic E-state index is 0.163. The molecule has 0 saturated carbocycles. The molecule has 0 aliphatic carbocycles. The van der Waals surface area contributed by atoms with Gasteiger partial charge in [-0.05, 0) is 35.9 Å². The molecule has 0 bridgehead atoms. The molecule has 170 valence electrons. The largest absolute Gasteiger partial charge is 0.493 e. The van der Waals surface area contributed by atoms with Gasteiger partial charge in [0.05, 0.1) is 26.5 Å². The van der Waals surface area contributed by atoms with E-state index in [1.54, 1.807) is 32.4 Å². The molecular formula is C23H21FN4O4S. The van der Waals surface area contributed by atoms with Gasteiger partial charge in [-0.25, -0.2) is 14.4 Å². The maximum Gasteiger partial charge on any atom is 0.273 e. The molecule has 4 rings (SSSR count). The van der Waals surface area contributed by atoms with Gasteiger partial charge in [-0.15, -0.1) is 11.3 Å². The van der Waals surface area contributed by atoms with Gasteiger partial charge >= 0.3 is 0 Å². The van der Waals surface area contributed by atoms with Crippen molar-refractivity contribution in [2.24, 2.45) is 5.10 Å². The first-order valence-electron chi connectivity index (χ1n) is 10.1. The van der Waals surface area contributed by atoms with Gasteiger partial charge in [-0.1, -0.05) is 12.1 Å². The lowest BCUT2D eigenvalue weighted by molar-refractivity contribution is -0.132. The number of anilines is 1. The number of methoxy groups -OCH3 is 2. The highest BCUT2D eigenvalue weighted by atomic mass is 32.1. The van der Waals surface area contributed by atoms with Crippen LogP contribution in [-0.2, 0) is 16.1 Å². The molecule has 0 fully saturated rings. The average Bonchev–Trinajstić information content (AvgIpc) is 3.29. The molecule has 2 aromatic carbocycles. The molecule has 10 heteroatoms. The van der Waals surface area contributed by atoms with Crippen LogP contribution in [-0.4, -0.2) is 41.7 Å². The highest BCUT2D eigenvalue weighted by Gasteiger charge is 2.25. The van der Waals surface area contributed by atoms with E-state index in [1.165, 1.54) is 28.5 Å². The third kappa shape index (κ3) is 5.17. The van der Waals surface area contributed by atoms with E-state index < -0.39 is 5.91 Å². The van der Waals surface area contributed by atoms with Crippen molar-refractivity contribution in [3.8, 4) is 22.8 Å². The Morgan fingerprint density at radius 3 is 2.61 bits per heavy atom. The van der Waals surface area contributed by atoms with E-state index in [-0.39, 0.29) is 36.8 Å². The van der Waals surface area contributed by atoms with Crippen LogP contribution < -0.4 is 14.8 Å². The van der Waals surface area contributed by atoms with Gasteiger partial charge in [0.15, 0.2) is 16.6 Å². The number of amides is 2. The fourth-order valence-electron chi connectivity index (χ4n) is 3.28. The van der Waals surface area contributed by atoms with E-state index >= 15 is 0 Å². The molecule has 2 heterocycles. The summed E-state index contributed by atoms with van der Waals surface area (Å²) in [6.45, 7) is 0.163. The number of nitrogens with one attached hydrogen (secondary N) is 1. The summed E-state index contributed by atoms with van der Waals surface area (Å²) in [6.07, 6.45) is 0.403. The van der Waals surface area contributed by atoms with Crippen LogP contribution in [0.4, 0.5) is 9.52 Å². The number of carbonyl (C=O) groups excluding carboxylic acids is 2. The van der Waals surface area contributed by atoms with Gasteiger partial charge in [0, 0.05) is 23.8 Å². The smallest absolute Gasteiger partial charge is 0.273 e. The monoisotopic (exact) mass is 468 g/mol. The van der Waals surface area contributed by atoms with E-state index in [2.05, 4.69) is 15.4 Å². The van der Waals surface area contributed by atoms with E-state index in [0.717, 1.165) is 11.1 Å². The molecule has 2 amide bonds. The molecule has 0 atom stereocenters. The second-order valence-corrected chi connectivity index (χ2v) is 8.04. The third-order valence-corrected chi connectivity index (χ3v) is 5.77. The van der Waals surface area contributed by atoms with Crippen LogP contribution in [0, 0.1) is 5.82 Å². The zero-order chi connectivity index (χ0) is 23.4. The van der Waals surface area contributed by atoms with Crippen molar-refractivity contribution >= 4 is 34.0 Å². The van der Waals surface area contributed by atoms with Crippen molar-refractivity contribution in [1.82, 2.24) is 9.99 Å². The van der Waals surface area contributed by atoms with Gasteiger partial charge in [0.2, 0.25) is 5.91 Å². The first-order valence-corrected chi connectivity index (χ1v) is 11.0. The number of rotatable bonds is 7. The SMILES string of the molecule is COc1ccc(-c2csc(NC(=O)C3=NN(Cc4ccc(F)cc4)C(=O)CC3)n2)cc1OC. The topological polar surface area (TPSA) is 93.1 Å². The maximum absolute atomic E-state index is 13.1. The summed E-state index contributed by atoms with van der Waals surface area (Å²) in [5.74, 6) is 0.222. The second kappa shape index (κ2) is 9.78. The van der Waals surface area contributed by atoms with Gasteiger partial charge in [0.25, 0.3) is 5.91 Å². The van der Waals surface area contributed by atoms with Gasteiger partial charge < -0.3 is 9.47 Å². The average molecular weight is 469 g/mol. The van der Waals surface area contributed by atoms with Crippen molar-refractivity contribution in [1.29, 1.82) is 0 Å². The zero-order valence-corrected chi connectivity index (χ0v) is 18.8. The molecule has 1 aromatic heterocycles. The summed E-state index contributed by atoms with van der Waals surface area (Å²) in [4.78, 5) is 29.5. The first kappa shape index (κ1) is 22.4. The standard InChI is InChI=1S/C23H21FN4O4S/c1-31-19-9-5-15(11-20(19)32-2)18-13-33-23(25-18)26-22(30)17-8-10-21(29)28(27-17)12-14-3-6-16(24)7-4-14/h3-7,9,11,13H,8,10,12H2,1-2H3,(H,25,26,30). The Hall–Kier alpha value is -3.79. The normalized spacial score (nSPS) is 13.5. The molecule has 33 heavy (non-hydrogen) atoms. The van der Waals surface area contributed by atoms with E-state index in [1.807, 2.05) is 17.5 Å². The maximum atomic E-state index is 13.1. The molecule has 1 aliphatic rings. The Morgan fingerprint density at radius 1 is 1.12 bits per heavy atom. The molecule has 0 spiro atoms. The highest BCUT2D eigenvalue weighted by molar-refractivity contribution is 7.14. The number of benzene rings is 2. The number of hydrazone groups is 1. The number of nitrogens with zero attached hydrogens (tertiary/aromatic N) is 3. The van der Waals surface area contributed by atoms with Crippen LogP contribution in [0.2, 0.25) is 0 Å². The lowest BCUT2D eigenvalue weighted by atomic mass is 10.1. The van der Waals surface area contributed by atoms with Crippen LogP contribution in [0.1, 0.15) is 18.4 Å². The number of thiazole rings is 1. The predicted molar refractivity (Wildman–Crippen MR) is 123 cm³/mol. The van der Waals surface area contributed by atoms with Crippen molar-refractivity contribution in [2.45, 2.75) is 19.4 Å². The zero-order valence-electron chi connectivity index (χ0n) is 18.0. The minimum Gasteiger partial charge on any atom is -0.493 e. The number of halogens is 1. The van der Waals surface area contributed by atoms with Gasteiger partial charge in [-0.3, -0.25) is 14.9 Å². The van der Waals surface area contributed by atoms with Crippen molar-refractivity contribution in [3.05, 3.63) is 59.2 Å². The number of aromatic nitrogens is 1. The summed E-state index contributed by atoms with van der Waals surface area (Å²) < 4.78 is 23.7. The third-order valence-electron chi connectivity index (χ3n) is 5.02. The lowest BCUT2D eigenvalue weighted by Gasteiger charge is -2.23. The van der Waals surface area contributed by atoms with E-state index in [9.17, 15) is 14.0 Å². The number of ether oxygens (including phenoxy) is 2. The highest BCUT2D eigenvalue weighted by Crippen LogP contribution is 2.33. The quantitative estimate of drug-likeness (QED) is 0.564. The van der Waals surface area contributed by atoms with Crippen molar-refractivity contribution < 1.29 is 23.5 Å². The molecular weight excluding hydrogens is 447 g/mol. The Balaban J connectivity index is 1.46. The van der Waals surface area contributed by atoms with E-state index in [4.69, 9.17) is 9.47 Å². The van der Waals surface area contributed by atoms with Crippen LogP contribution in [0.15, 0.2) is 52.9 Å². The van der Waals surface area contributed by atoms with Crippen LogP contribution in [0.25, 0.3) is 11.3 Å². The summed E-state index contributed by atoms with van der Waals surface area (Å²) >= 11 is 1.28. The molecule has 0 saturated heterocycles. The predicted octanol–water partition coefficient (Wildman–Crippen LogP) is 4.08. The second-order valence-electron chi connectivity index (χ2n) is 7.19. The lowest BCUT2D eigenvalue weighted by Crippen LogP contribution is -2.36. The summed E-state index contributed by atoms with van der Waals surface area (Å²) in [7, 11) is 3.12. The fourth-order valence-corrected chi connectivity index (χ4v) is 3.99. The first-order chi connectivity index (χ1) is 16.0. The molecule has 1 N–H and O–H groups in total. The van der Waals surface area contributed by atoms with E-state index in [0.29, 0.717) is 22.3 Å². The summed E-state index contributed by atoms with van der Waals surface area (Å²) in [5.41, 5.74) is 2.44. The van der Waals surface area contributed by atoms with Crippen LogP contribution in [0.5, 0.6) is 11.5 Å². The molecule has 8 nitrogen and oxygen atoms in total. The Kier molecular flexibility index (Phi) is 6.64. The van der Waals surface area contributed by atoms with Gasteiger partial charge in [0.1, 0.15) is 11.5 Å². The Morgan fingerprint density at radius 2 is 1.88 bits per heavy atom. The Labute approximate surface area is 193 Å².